The number of hydrogen-bond acceptors (Lipinski definition) is 2. The molecule has 1 fully saturated rings. The van der Waals surface area contributed by atoms with Gasteiger partial charge in [0.05, 0.1) is 12.6 Å². The molecule has 122 valence electrons. The lowest BCUT2D eigenvalue weighted by Crippen LogP contribution is -2.30. The Hall–Kier alpha value is -2.24. The Morgan fingerprint density at radius 1 is 1.39 bits per heavy atom. The fourth-order valence-electron chi connectivity index (χ4n) is 3.09. The van der Waals surface area contributed by atoms with E-state index in [-0.39, 0.29) is 17.9 Å². The molecule has 1 unspecified atom stereocenters. The standard InChI is InChI=1S/C17H19F2N3O/c1-21-10-13(9-20-21)6-12-4-5-22(11-12)17(23)8-14-7-15(18)2-3-16(14)19/h2-3,7,9-10,12H,4-6,8,11H2,1H3. The molecule has 0 aliphatic carbocycles. The molecule has 23 heavy (non-hydrogen) atoms. The average molecular weight is 319 g/mol. The van der Waals surface area contributed by atoms with Crippen molar-refractivity contribution in [3.8, 4) is 0 Å². The first kappa shape index (κ1) is 15.6. The van der Waals surface area contributed by atoms with Crippen molar-refractivity contribution in [3.05, 3.63) is 53.4 Å². The first-order valence-electron chi connectivity index (χ1n) is 7.70. The van der Waals surface area contributed by atoms with Gasteiger partial charge in [0.2, 0.25) is 5.91 Å². The molecule has 6 heteroatoms. The Labute approximate surface area is 133 Å². The lowest BCUT2D eigenvalue weighted by Gasteiger charge is -2.16. The van der Waals surface area contributed by atoms with Gasteiger partial charge in [0.1, 0.15) is 11.6 Å². The van der Waals surface area contributed by atoms with Crippen molar-refractivity contribution in [2.45, 2.75) is 19.3 Å². The summed E-state index contributed by atoms with van der Waals surface area (Å²) < 4.78 is 28.6. The van der Waals surface area contributed by atoms with Gasteiger partial charge in [-0.05, 0) is 42.5 Å². The van der Waals surface area contributed by atoms with Gasteiger partial charge in [-0.1, -0.05) is 0 Å². The van der Waals surface area contributed by atoms with E-state index in [4.69, 9.17) is 0 Å². The Morgan fingerprint density at radius 3 is 2.96 bits per heavy atom. The highest BCUT2D eigenvalue weighted by Crippen LogP contribution is 2.22. The number of halogens is 2. The van der Waals surface area contributed by atoms with E-state index in [1.54, 1.807) is 9.58 Å². The second-order valence-electron chi connectivity index (χ2n) is 6.13. The number of aryl methyl sites for hydroxylation is 1. The normalized spacial score (nSPS) is 17.7. The molecular formula is C17H19F2N3O. The summed E-state index contributed by atoms with van der Waals surface area (Å²) in [4.78, 5) is 14.0. The van der Waals surface area contributed by atoms with Crippen molar-refractivity contribution in [2.75, 3.05) is 13.1 Å². The topological polar surface area (TPSA) is 38.1 Å². The third kappa shape index (κ3) is 3.75. The van der Waals surface area contributed by atoms with Crippen molar-refractivity contribution in [1.82, 2.24) is 14.7 Å². The molecule has 0 saturated carbocycles. The van der Waals surface area contributed by atoms with Crippen LogP contribution in [0.25, 0.3) is 0 Å². The van der Waals surface area contributed by atoms with Gasteiger partial charge in [0.25, 0.3) is 0 Å². The molecule has 3 rings (SSSR count). The van der Waals surface area contributed by atoms with E-state index in [1.165, 1.54) is 0 Å². The van der Waals surface area contributed by atoms with Crippen molar-refractivity contribution in [1.29, 1.82) is 0 Å². The van der Waals surface area contributed by atoms with E-state index in [2.05, 4.69) is 5.10 Å². The molecule has 1 aromatic carbocycles. The van der Waals surface area contributed by atoms with Crippen LogP contribution in [0.1, 0.15) is 17.5 Å². The zero-order chi connectivity index (χ0) is 16.4. The van der Waals surface area contributed by atoms with Gasteiger partial charge in [-0.25, -0.2) is 8.78 Å². The van der Waals surface area contributed by atoms with Crippen LogP contribution < -0.4 is 0 Å². The summed E-state index contributed by atoms with van der Waals surface area (Å²) in [7, 11) is 1.88. The Kier molecular flexibility index (Phi) is 4.41. The molecule has 1 aliphatic heterocycles. The van der Waals surface area contributed by atoms with Gasteiger partial charge >= 0.3 is 0 Å². The lowest BCUT2D eigenvalue weighted by molar-refractivity contribution is -0.129. The van der Waals surface area contributed by atoms with Crippen LogP contribution >= 0.6 is 0 Å². The van der Waals surface area contributed by atoms with Gasteiger partial charge < -0.3 is 4.90 Å². The van der Waals surface area contributed by atoms with E-state index >= 15 is 0 Å². The maximum Gasteiger partial charge on any atom is 0.227 e. The Morgan fingerprint density at radius 2 is 2.22 bits per heavy atom. The Balaban J connectivity index is 1.58. The maximum absolute atomic E-state index is 13.6. The molecular weight excluding hydrogens is 300 g/mol. The number of benzene rings is 1. The van der Waals surface area contributed by atoms with Gasteiger partial charge in [-0.3, -0.25) is 9.48 Å². The largest absolute Gasteiger partial charge is 0.342 e. The van der Waals surface area contributed by atoms with Crippen LogP contribution in [0, 0.1) is 17.6 Å². The van der Waals surface area contributed by atoms with Crippen molar-refractivity contribution >= 4 is 5.91 Å². The minimum absolute atomic E-state index is 0.0940. The molecule has 4 nitrogen and oxygen atoms in total. The second-order valence-corrected chi connectivity index (χ2v) is 6.13. The highest BCUT2D eigenvalue weighted by atomic mass is 19.1. The number of rotatable bonds is 4. The predicted molar refractivity (Wildman–Crippen MR) is 81.7 cm³/mol. The fraction of sp³-hybridized carbons (Fsp3) is 0.412. The molecule has 1 aliphatic rings. The van der Waals surface area contributed by atoms with Crippen molar-refractivity contribution in [2.24, 2.45) is 13.0 Å². The van der Waals surface area contributed by atoms with E-state index in [0.717, 1.165) is 36.6 Å². The highest BCUT2D eigenvalue weighted by molar-refractivity contribution is 5.79. The SMILES string of the molecule is Cn1cc(CC2CCN(C(=O)Cc3cc(F)ccc3F)C2)cn1. The van der Waals surface area contributed by atoms with E-state index in [9.17, 15) is 13.6 Å². The van der Waals surface area contributed by atoms with Crippen LogP contribution in [0.5, 0.6) is 0 Å². The van der Waals surface area contributed by atoms with E-state index in [0.29, 0.717) is 19.0 Å². The first-order chi connectivity index (χ1) is 11.0. The zero-order valence-electron chi connectivity index (χ0n) is 13.0. The van der Waals surface area contributed by atoms with Crippen molar-refractivity contribution < 1.29 is 13.6 Å². The van der Waals surface area contributed by atoms with Gasteiger partial charge in [-0.15, -0.1) is 0 Å². The number of carbonyl (C=O) groups excluding carboxylic acids is 1. The van der Waals surface area contributed by atoms with Crippen molar-refractivity contribution in [3.63, 3.8) is 0 Å². The first-order valence-corrected chi connectivity index (χ1v) is 7.70. The third-order valence-electron chi connectivity index (χ3n) is 4.27. The summed E-state index contributed by atoms with van der Waals surface area (Å²) in [5, 5.41) is 4.15. The molecule has 0 N–H and O–H groups in total. The van der Waals surface area contributed by atoms with Crippen LogP contribution in [-0.2, 0) is 24.7 Å². The van der Waals surface area contributed by atoms with Crippen LogP contribution in [0.4, 0.5) is 8.78 Å². The van der Waals surface area contributed by atoms with Crippen LogP contribution in [0.2, 0.25) is 0 Å². The van der Waals surface area contributed by atoms with Crippen LogP contribution in [0.3, 0.4) is 0 Å². The molecule has 1 atom stereocenters. The fourth-order valence-corrected chi connectivity index (χ4v) is 3.09. The van der Waals surface area contributed by atoms with Gasteiger partial charge in [0.15, 0.2) is 0 Å². The highest BCUT2D eigenvalue weighted by Gasteiger charge is 2.27. The third-order valence-corrected chi connectivity index (χ3v) is 4.27. The quantitative estimate of drug-likeness (QED) is 0.867. The summed E-state index contributed by atoms with van der Waals surface area (Å²) in [5.41, 5.74) is 1.27. The number of likely N-dealkylation sites (tertiary alicyclic amines) is 1. The summed E-state index contributed by atoms with van der Waals surface area (Å²) in [6, 6.07) is 3.21. The smallest absolute Gasteiger partial charge is 0.227 e. The molecule has 2 aromatic rings. The molecule has 1 saturated heterocycles. The predicted octanol–water partition coefficient (Wildman–Crippen LogP) is 2.33. The summed E-state index contributed by atoms with van der Waals surface area (Å²) >= 11 is 0. The molecule has 1 amide bonds. The second kappa shape index (κ2) is 6.48. The van der Waals surface area contributed by atoms with E-state index in [1.807, 2.05) is 19.4 Å². The van der Waals surface area contributed by atoms with Crippen LogP contribution in [0.15, 0.2) is 30.6 Å². The summed E-state index contributed by atoms with van der Waals surface area (Å²) in [5.74, 6) is -0.820. The molecule has 2 heterocycles. The van der Waals surface area contributed by atoms with Gasteiger partial charge in [-0.2, -0.15) is 5.10 Å². The zero-order valence-corrected chi connectivity index (χ0v) is 13.0. The van der Waals surface area contributed by atoms with E-state index < -0.39 is 11.6 Å². The number of amides is 1. The monoisotopic (exact) mass is 319 g/mol. The summed E-state index contributed by atoms with van der Waals surface area (Å²) in [6.07, 6.45) is 5.53. The molecule has 0 spiro atoms. The number of nitrogens with zero attached hydrogens (tertiary/aromatic N) is 3. The summed E-state index contributed by atoms with van der Waals surface area (Å²) in [6.45, 7) is 1.32. The average Bonchev–Trinajstić information content (AvgIpc) is 3.13. The minimum Gasteiger partial charge on any atom is -0.342 e. The number of carbonyl (C=O) groups is 1. The maximum atomic E-state index is 13.6. The van der Waals surface area contributed by atoms with Crippen LogP contribution in [-0.4, -0.2) is 33.7 Å². The molecule has 1 aromatic heterocycles. The Bertz CT molecular complexity index is 714. The number of aromatic nitrogens is 2. The molecule has 0 radical (unpaired) electrons. The lowest BCUT2D eigenvalue weighted by atomic mass is 10.0. The molecule has 0 bridgehead atoms. The number of hydrogen-bond donors (Lipinski definition) is 0. The van der Waals surface area contributed by atoms with Gasteiger partial charge in [0, 0.05) is 31.9 Å². The minimum atomic E-state index is -0.536.